The highest BCUT2D eigenvalue weighted by atomic mass is 19.1. The summed E-state index contributed by atoms with van der Waals surface area (Å²) in [5.41, 5.74) is 1.76. The van der Waals surface area contributed by atoms with E-state index in [0.29, 0.717) is 19.0 Å². The van der Waals surface area contributed by atoms with E-state index in [9.17, 15) is 4.39 Å². The summed E-state index contributed by atoms with van der Waals surface area (Å²) in [6.45, 7) is 3.82. The zero-order valence-electron chi connectivity index (χ0n) is 13.8. The van der Waals surface area contributed by atoms with E-state index in [-0.39, 0.29) is 11.9 Å². The number of aryl methyl sites for hydroxylation is 1. The fourth-order valence-electron chi connectivity index (χ4n) is 2.92. The number of rotatable bonds is 3. The number of ether oxygens (including phenoxy) is 1. The van der Waals surface area contributed by atoms with Crippen molar-refractivity contribution >= 4 is 5.82 Å². The first-order chi connectivity index (χ1) is 12.2. The van der Waals surface area contributed by atoms with Gasteiger partial charge < -0.3 is 9.64 Å². The molecule has 0 saturated carbocycles. The van der Waals surface area contributed by atoms with Gasteiger partial charge in [0.1, 0.15) is 11.9 Å². The van der Waals surface area contributed by atoms with Crippen molar-refractivity contribution < 1.29 is 9.13 Å². The van der Waals surface area contributed by atoms with Gasteiger partial charge in [0, 0.05) is 19.3 Å². The Morgan fingerprint density at radius 3 is 2.68 bits per heavy atom. The summed E-state index contributed by atoms with van der Waals surface area (Å²) in [5.74, 6) is 1.20. The average molecular weight is 339 g/mol. The van der Waals surface area contributed by atoms with Crippen molar-refractivity contribution in [3.63, 3.8) is 0 Å². The van der Waals surface area contributed by atoms with Crippen LogP contribution >= 0.6 is 0 Å². The minimum Gasteiger partial charge on any atom is -0.370 e. The number of hydrogen-bond donors (Lipinski definition) is 0. The molecule has 0 spiro atoms. The molecule has 0 aliphatic carbocycles. The lowest BCUT2D eigenvalue weighted by atomic mass is 10.1. The number of nitrogens with zero attached hydrogens (tertiary/aromatic N) is 5. The predicted octanol–water partition coefficient (Wildman–Crippen LogP) is 2.69. The lowest BCUT2D eigenvalue weighted by molar-refractivity contribution is 0.0393. The van der Waals surface area contributed by atoms with Crippen LogP contribution < -0.4 is 4.90 Å². The summed E-state index contributed by atoms with van der Waals surface area (Å²) in [6, 6.07) is 12.3. The van der Waals surface area contributed by atoms with Crippen LogP contribution in [0.15, 0.2) is 48.7 Å². The normalized spacial score (nSPS) is 17.7. The molecule has 0 amide bonds. The van der Waals surface area contributed by atoms with E-state index < -0.39 is 0 Å². The molecule has 7 heteroatoms. The van der Waals surface area contributed by atoms with Crippen LogP contribution in [0.3, 0.4) is 0 Å². The maximum absolute atomic E-state index is 13.4. The van der Waals surface area contributed by atoms with Gasteiger partial charge in [-0.1, -0.05) is 12.1 Å². The molecule has 1 fully saturated rings. The Hall–Kier alpha value is -2.80. The molecule has 1 aliphatic rings. The molecule has 0 N–H and O–H groups in total. The number of aromatic nitrogens is 4. The molecule has 0 radical (unpaired) electrons. The van der Waals surface area contributed by atoms with Crippen LogP contribution in [0, 0.1) is 12.7 Å². The molecule has 1 aromatic carbocycles. The Bertz CT molecular complexity index is 864. The van der Waals surface area contributed by atoms with Gasteiger partial charge in [0.2, 0.25) is 0 Å². The Kier molecular flexibility index (Phi) is 4.15. The third kappa shape index (κ3) is 3.36. The number of benzene rings is 1. The van der Waals surface area contributed by atoms with Gasteiger partial charge in [-0.15, -0.1) is 10.2 Å². The molecule has 3 aromatic rings. The third-order valence-electron chi connectivity index (χ3n) is 4.20. The summed E-state index contributed by atoms with van der Waals surface area (Å²) in [7, 11) is 0. The van der Waals surface area contributed by atoms with E-state index in [2.05, 4.69) is 20.2 Å². The zero-order chi connectivity index (χ0) is 17.2. The second-order valence-corrected chi connectivity index (χ2v) is 6.01. The van der Waals surface area contributed by atoms with E-state index in [4.69, 9.17) is 4.74 Å². The lowest BCUT2D eigenvalue weighted by Crippen LogP contribution is -2.39. The van der Waals surface area contributed by atoms with E-state index >= 15 is 0 Å². The second kappa shape index (κ2) is 6.60. The fraction of sp³-hybridized carbons (Fsp3) is 0.278. The van der Waals surface area contributed by atoms with Crippen LogP contribution in [0.25, 0.3) is 5.82 Å². The number of halogens is 1. The molecule has 0 unspecified atom stereocenters. The monoisotopic (exact) mass is 339 g/mol. The predicted molar refractivity (Wildman–Crippen MR) is 91.2 cm³/mol. The first-order valence-electron chi connectivity index (χ1n) is 8.17. The van der Waals surface area contributed by atoms with Crippen molar-refractivity contribution in [2.75, 3.05) is 24.6 Å². The third-order valence-corrected chi connectivity index (χ3v) is 4.20. The highest BCUT2D eigenvalue weighted by Crippen LogP contribution is 2.25. The van der Waals surface area contributed by atoms with Gasteiger partial charge in [0.25, 0.3) is 0 Å². The van der Waals surface area contributed by atoms with Crippen LogP contribution in [-0.2, 0) is 4.74 Å². The highest BCUT2D eigenvalue weighted by Gasteiger charge is 2.23. The lowest BCUT2D eigenvalue weighted by Gasteiger charge is -2.33. The van der Waals surface area contributed by atoms with Gasteiger partial charge in [-0.2, -0.15) is 5.10 Å². The molecule has 4 rings (SSSR count). The SMILES string of the molecule is Cc1ccn(-c2ccc(N3CCO[C@H](c4cccc(F)c4)C3)nn2)n1. The van der Waals surface area contributed by atoms with Crippen LogP contribution in [0.5, 0.6) is 0 Å². The highest BCUT2D eigenvalue weighted by molar-refractivity contribution is 5.41. The summed E-state index contributed by atoms with van der Waals surface area (Å²) in [5, 5.41) is 12.9. The van der Waals surface area contributed by atoms with E-state index in [1.807, 2.05) is 37.4 Å². The summed E-state index contributed by atoms with van der Waals surface area (Å²) < 4.78 is 20.9. The first-order valence-corrected chi connectivity index (χ1v) is 8.17. The maximum atomic E-state index is 13.4. The van der Waals surface area contributed by atoms with Crippen molar-refractivity contribution in [2.45, 2.75) is 13.0 Å². The molecule has 3 heterocycles. The molecule has 1 atom stereocenters. The molecular weight excluding hydrogens is 321 g/mol. The van der Waals surface area contributed by atoms with Crippen LogP contribution in [0.4, 0.5) is 10.2 Å². The van der Waals surface area contributed by atoms with Crippen LogP contribution in [0.1, 0.15) is 17.4 Å². The summed E-state index contributed by atoms with van der Waals surface area (Å²) in [4.78, 5) is 2.10. The van der Waals surface area contributed by atoms with E-state index in [1.54, 1.807) is 10.7 Å². The smallest absolute Gasteiger partial charge is 0.175 e. The second-order valence-electron chi connectivity index (χ2n) is 6.01. The topological polar surface area (TPSA) is 56.1 Å². The fourth-order valence-corrected chi connectivity index (χ4v) is 2.92. The molecule has 0 bridgehead atoms. The molecule has 1 aliphatic heterocycles. The minimum atomic E-state index is -0.253. The Morgan fingerprint density at radius 2 is 1.96 bits per heavy atom. The Morgan fingerprint density at radius 1 is 1.12 bits per heavy atom. The van der Waals surface area contributed by atoms with Crippen molar-refractivity contribution in [3.05, 3.63) is 65.7 Å². The van der Waals surface area contributed by atoms with Crippen LogP contribution in [-0.4, -0.2) is 39.7 Å². The number of hydrogen-bond acceptors (Lipinski definition) is 5. The first kappa shape index (κ1) is 15.7. The Balaban J connectivity index is 1.51. The van der Waals surface area contributed by atoms with E-state index in [1.165, 1.54) is 12.1 Å². The molecule has 128 valence electrons. The van der Waals surface area contributed by atoms with Crippen molar-refractivity contribution in [1.29, 1.82) is 0 Å². The summed E-state index contributed by atoms with van der Waals surface area (Å²) >= 11 is 0. The van der Waals surface area contributed by atoms with Gasteiger partial charge in [0.05, 0.1) is 12.3 Å². The van der Waals surface area contributed by atoms with Gasteiger partial charge in [-0.25, -0.2) is 9.07 Å². The minimum absolute atomic E-state index is 0.181. The standard InChI is InChI=1S/C18H18FN5O/c1-13-7-8-24(22-13)18-6-5-17(20-21-18)23-9-10-25-16(12-23)14-3-2-4-15(19)11-14/h2-8,11,16H,9-10,12H2,1H3/t16-/m0/s1. The quantitative estimate of drug-likeness (QED) is 0.734. The number of anilines is 1. The molecular formula is C18H18FN5O. The molecule has 2 aromatic heterocycles. The largest absolute Gasteiger partial charge is 0.370 e. The van der Waals surface area contributed by atoms with Gasteiger partial charge in [-0.05, 0) is 42.8 Å². The van der Waals surface area contributed by atoms with Crippen LogP contribution in [0.2, 0.25) is 0 Å². The van der Waals surface area contributed by atoms with Gasteiger partial charge >= 0.3 is 0 Å². The van der Waals surface area contributed by atoms with Crippen molar-refractivity contribution in [3.8, 4) is 5.82 Å². The van der Waals surface area contributed by atoms with E-state index in [0.717, 1.165) is 23.6 Å². The van der Waals surface area contributed by atoms with Gasteiger partial charge in [0.15, 0.2) is 11.6 Å². The molecule has 25 heavy (non-hydrogen) atoms. The average Bonchev–Trinajstić information content (AvgIpc) is 3.08. The maximum Gasteiger partial charge on any atom is 0.175 e. The van der Waals surface area contributed by atoms with Crippen molar-refractivity contribution in [2.24, 2.45) is 0 Å². The van der Waals surface area contributed by atoms with Crippen molar-refractivity contribution in [1.82, 2.24) is 20.0 Å². The molecule has 1 saturated heterocycles. The zero-order valence-corrected chi connectivity index (χ0v) is 13.8. The van der Waals surface area contributed by atoms with Gasteiger partial charge in [-0.3, -0.25) is 0 Å². The summed E-state index contributed by atoms with van der Waals surface area (Å²) in [6.07, 6.45) is 1.67. The number of morpholine rings is 1. The Labute approximate surface area is 144 Å². The molecule has 6 nitrogen and oxygen atoms in total.